The van der Waals surface area contributed by atoms with Crippen LogP contribution in [0.15, 0.2) is 71.0 Å². The summed E-state index contributed by atoms with van der Waals surface area (Å²) >= 11 is 0. The number of nitrogens with one attached hydrogen (secondary N) is 1. The Morgan fingerprint density at radius 2 is 1.73 bits per heavy atom. The molecule has 2 aliphatic rings. The Morgan fingerprint density at radius 1 is 1.02 bits per heavy atom. The number of fused-ring (bicyclic) bond motifs is 1. The summed E-state index contributed by atoms with van der Waals surface area (Å²) in [6.07, 6.45) is -3.45. The Labute approximate surface area is 226 Å². The number of anilines is 1. The van der Waals surface area contributed by atoms with E-state index in [1.807, 2.05) is 0 Å². The first-order valence-electron chi connectivity index (χ1n) is 12.0. The lowest BCUT2D eigenvalue weighted by atomic mass is 9.81. The lowest BCUT2D eigenvalue weighted by Gasteiger charge is -2.28. The highest BCUT2D eigenvalue weighted by atomic mass is 32.2. The number of phenols is 1. The number of amides is 1. The molecule has 3 aromatic carbocycles. The molecule has 206 valence electrons. The molecule has 5 rings (SSSR count). The van der Waals surface area contributed by atoms with Crippen molar-refractivity contribution in [2.24, 2.45) is 0 Å². The molecule has 0 saturated heterocycles. The van der Waals surface area contributed by atoms with Crippen LogP contribution in [-0.2, 0) is 26.2 Å². The van der Waals surface area contributed by atoms with Gasteiger partial charge in [0.2, 0.25) is 5.60 Å². The maximum atomic E-state index is 14.8. The molecule has 0 spiro atoms. The number of halogens is 4. The summed E-state index contributed by atoms with van der Waals surface area (Å²) in [6, 6.07) is 11.6. The Hall–Kier alpha value is -4.14. The standard InChI is InChI=1S/C29H21F4NO5S/c30-24-7-3-20(29(31,32)33)16-23(24)27(12-13-27)17-28(37,11-9-18-1-5-22(35)6-2-18)26(36)34-21-4-8-25-19(15-21)10-14-40(25,38)39/h1-8,10,14-16,35,37H,12-13,17H2,(H,34,36). The molecular weight excluding hydrogens is 550 g/mol. The highest BCUT2D eigenvalue weighted by molar-refractivity contribution is 7.94. The van der Waals surface area contributed by atoms with Crippen molar-refractivity contribution in [2.45, 2.75) is 41.4 Å². The Morgan fingerprint density at radius 3 is 2.38 bits per heavy atom. The molecule has 0 aromatic heterocycles. The van der Waals surface area contributed by atoms with E-state index in [0.717, 1.165) is 5.41 Å². The molecule has 3 N–H and O–H groups in total. The van der Waals surface area contributed by atoms with Crippen LogP contribution < -0.4 is 5.32 Å². The van der Waals surface area contributed by atoms with Gasteiger partial charge >= 0.3 is 6.18 Å². The van der Waals surface area contributed by atoms with Crippen molar-refractivity contribution in [1.29, 1.82) is 0 Å². The number of hydrogen-bond donors (Lipinski definition) is 3. The number of rotatable bonds is 5. The molecule has 1 atom stereocenters. The monoisotopic (exact) mass is 571 g/mol. The first kappa shape index (κ1) is 27.4. The number of aromatic hydroxyl groups is 1. The molecule has 1 amide bonds. The molecule has 11 heteroatoms. The second kappa shape index (κ2) is 9.50. The van der Waals surface area contributed by atoms with Gasteiger partial charge in [-0.3, -0.25) is 4.79 Å². The number of carbonyl (C=O) groups is 1. The summed E-state index contributed by atoms with van der Waals surface area (Å²) in [5, 5.41) is 24.6. The van der Waals surface area contributed by atoms with Crippen molar-refractivity contribution in [3.05, 3.63) is 94.1 Å². The van der Waals surface area contributed by atoms with Gasteiger partial charge < -0.3 is 15.5 Å². The maximum absolute atomic E-state index is 14.8. The number of phenolic OH excluding ortho intramolecular Hbond substituents is 1. The zero-order valence-corrected chi connectivity index (χ0v) is 21.4. The highest BCUT2D eigenvalue weighted by Gasteiger charge is 2.54. The van der Waals surface area contributed by atoms with E-state index >= 15 is 0 Å². The van der Waals surface area contributed by atoms with Gasteiger partial charge in [0.05, 0.1) is 10.5 Å². The largest absolute Gasteiger partial charge is 0.508 e. The van der Waals surface area contributed by atoms with Crippen LogP contribution in [0, 0.1) is 17.7 Å². The van der Waals surface area contributed by atoms with Crippen LogP contribution in [0.4, 0.5) is 23.2 Å². The van der Waals surface area contributed by atoms with E-state index in [2.05, 4.69) is 17.2 Å². The average Bonchev–Trinajstić information content (AvgIpc) is 3.59. The van der Waals surface area contributed by atoms with Gasteiger partial charge in [-0.25, -0.2) is 12.8 Å². The van der Waals surface area contributed by atoms with Gasteiger partial charge in [-0.2, -0.15) is 13.2 Å². The lowest BCUT2D eigenvalue weighted by Crippen LogP contribution is -2.44. The van der Waals surface area contributed by atoms with Crippen molar-refractivity contribution in [3.63, 3.8) is 0 Å². The Kier molecular flexibility index (Phi) is 6.51. The Balaban J connectivity index is 1.51. The fraction of sp³-hybridized carbons (Fsp3) is 0.207. The number of carbonyl (C=O) groups excluding carboxylic acids is 1. The molecular formula is C29H21F4NO5S. The summed E-state index contributed by atoms with van der Waals surface area (Å²) in [6.45, 7) is 0. The van der Waals surface area contributed by atoms with Gasteiger partial charge in [0, 0.05) is 28.5 Å². The van der Waals surface area contributed by atoms with Crippen LogP contribution in [0.3, 0.4) is 0 Å². The summed E-state index contributed by atoms with van der Waals surface area (Å²) in [5.41, 5.74) is -4.31. The summed E-state index contributed by atoms with van der Waals surface area (Å²) in [7, 11) is -3.58. The molecule has 1 aliphatic heterocycles. The minimum atomic E-state index is -4.72. The average molecular weight is 572 g/mol. The van der Waals surface area contributed by atoms with Gasteiger partial charge in [-0.05, 0) is 90.7 Å². The SMILES string of the molecule is O=C(Nc1ccc2c(c1)C=CS2(=O)=O)C(O)(C#Cc1ccc(O)cc1)CC1(c2cc(C(F)(F)F)ccc2F)CC1. The van der Waals surface area contributed by atoms with E-state index < -0.39 is 50.7 Å². The third kappa shape index (κ3) is 5.33. The molecule has 1 aliphatic carbocycles. The van der Waals surface area contributed by atoms with E-state index in [1.165, 1.54) is 48.5 Å². The normalized spacial score (nSPS) is 17.7. The van der Waals surface area contributed by atoms with Crippen LogP contribution >= 0.6 is 0 Å². The molecule has 0 radical (unpaired) electrons. The van der Waals surface area contributed by atoms with E-state index in [1.54, 1.807) is 0 Å². The maximum Gasteiger partial charge on any atom is 0.416 e. The number of benzene rings is 3. The fourth-order valence-corrected chi connectivity index (χ4v) is 5.86. The van der Waals surface area contributed by atoms with Crippen LogP contribution in [0.5, 0.6) is 5.75 Å². The highest BCUT2D eigenvalue weighted by Crippen LogP contribution is 2.55. The van der Waals surface area contributed by atoms with Gasteiger partial charge in [-0.1, -0.05) is 11.8 Å². The minimum absolute atomic E-state index is 0.0387. The molecule has 0 bridgehead atoms. The summed E-state index contributed by atoms with van der Waals surface area (Å²) < 4.78 is 79.1. The third-order valence-electron chi connectivity index (χ3n) is 6.97. The lowest BCUT2D eigenvalue weighted by molar-refractivity contribution is -0.137. The van der Waals surface area contributed by atoms with Crippen molar-refractivity contribution in [2.75, 3.05) is 5.32 Å². The van der Waals surface area contributed by atoms with E-state index in [9.17, 15) is 41.0 Å². The smallest absolute Gasteiger partial charge is 0.416 e. The number of alkyl halides is 3. The Bertz CT molecular complexity index is 1720. The quantitative estimate of drug-likeness (QED) is 0.290. The fourth-order valence-electron chi connectivity index (χ4n) is 4.68. The molecule has 3 aromatic rings. The molecule has 1 fully saturated rings. The van der Waals surface area contributed by atoms with Gasteiger partial charge in [-0.15, -0.1) is 0 Å². The van der Waals surface area contributed by atoms with Crippen molar-refractivity contribution in [3.8, 4) is 17.6 Å². The third-order valence-corrected chi connectivity index (χ3v) is 8.45. The predicted octanol–water partition coefficient (Wildman–Crippen LogP) is 5.15. The topological polar surface area (TPSA) is 104 Å². The molecule has 6 nitrogen and oxygen atoms in total. The van der Waals surface area contributed by atoms with E-state index in [4.69, 9.17) is 0 Å². The molecule has 1 heterocycles. The van der Waals surface area contributed by atoms with Gasteiger partial charge in [0.25, 0.3) is 5.91 Å². The first-order chi connectivity index (χ1) is 18.7. The van der Waals surface area contributed by atoms with Crippen molar-refractivity contribution in [1.82, 2.24) is 0 Å². The molecule has 1 unspecified atom stereocenters. The second-order valence-corrected chi connectivity index (χ2v) is 11.7. The molecule has 40 heavy (non-hydrogen) atoms. The van der Waals surface area contributed by atoms with Crippen LogP contribution in [0.2, 0.25) is 0 Å². The van der Waals surface area contributed by atoms with Crippen LogP contribution in [0.25, 0.3) is 6.08 Å². The van der Waals surface area contributed by atoms with Crippen molar-refractivity contribution >= 4 is 27.5 Å². The van der Waals surface area contributed by atoms with Crippen LogP contribution in [0.1, 0.15) is 41.5 Å². The summed E-state index contributed by atoms with van der Waals surface area (Å²) in [4.78, 5) is 13.5. The molecule has 1 saturated carbocycles. The predicted molar refractivity (Wildman–Crippen MR) is 138 cm³/mol. The first-order valence-corrected chi connectivity index (χ1v) is 13.6. The number of aliphatic hydroxyl groups is 1. The zero-order chi connectivity index (χ0) is 28.9. The number of sulfone groups is 1. The second-order valence-electron chi connectivity index (χ2n) is 9.86. The van der Waals surface area contributed by atoms with Crippen LogP contribution in [-0.4, -0.2) is 30.1 Å². The van der Waals surface area contributed by atoms with Crippen molar-refractivity contribution < 1.29 is 41.0 Å². The zero-order valence-electron chi connectivity index (χ0n) is 20.6. The summed E-state index contributed by atoms with van der Waals surface area (Å²) in [5.74, 6) is 3.19. The van der Waals surface area contributed by atoms with E-state index in [0.29, 0.717) is 29.3 Å². The van der Waals surface area contributed by atoms with Gasteiger partial charge in [0.15, 0.2) is 9.84 Å². The number of hydrogen-bond acceptors (Lipinski definition) is 5. The van der Waals surface area contributed by atoms with E-state index in [-0.39, 0.29) is 34.7 Å². The minimum Gasteiger partial charge on any atom is -0.508 e. The van der Waals surface area contributed by atoms with Gasteiger partial charge in [0.1, 0.15) is 11.6 Å².